The third-order valence-corrected chi connectivity index (χ3v) is 16.9. The smallest absolute Gasteiger partial charge is 0.208 e. The van der Waals surface area contributed by atoms with E-state index in [0.717, 1.165) is 55.0 Å². The quantitative estimate of drug-likeness (QED) is 0.174. The van der Waals surface area contributed by atoms with Crippen LogP contribution in [-0.4, -0.2) is 37.5 Å². The minimum Gasteiger partial charge on any atom is -0.309 e. The van der Waals surface area contributed by atoms with Crippen molar-refractivity contribution in [3.8, 4) is 33.6 Å². The Morgan fingerprint density at radius 2 is 0.682 bits per heavy atom. The summed E-state index contributed by atoms with van der Waals surface area (Å²) < 4.78 is 63.0. The van der Waals surface area contributed by atoms with Crippen LogP contribution in [0.3, 0.4) is 0 Å². The molecule has 0 saturated carbocycles. The molecule has 0 atom stereocenters. The van der Waals surface area contributed by atoms with E-state index in [1.54, 1.807) is 60.7 Å². The molecule has 0 radical (unpaired) electrons. The third kappa shape index (κ3) is 5.07. The number of para-hydroxylation sites is 4. The van der Waals surface area contributed by atoms with Gasteiger partial charge in [0.05, 0.1) is 41.6 Å². The Morgan fingerprint density at radius 1 is 0.333 bits per heavy atom. The van der Waals surface area contributed by atoms with Gasteiger partial charge in [0.1, 0.15) is 0 Å². The molecule has 4 heterocycles. The summed E-state index contributed by atoms with van der Waals surface area (Å²) in [7, 11) is -8.31. The first kappa shape index (κ1) is 38.3. The number of hydrogen-bond donors (Lipinski definition) is 0. The molecule has 10 heteroatoms. The van der Waals surface area contributed by atoms with Gasteiger partial charge >= 0.3 is 0 Å². The van der Waals surface area contributed by atoms with Crippen LogP contribution in [0.25, 0.3) is 77.2 Å². The van der Waals surface area contributed by atoms with Crippen molar-refractivity contribution in [2.24, 2.45) is 0 Å². The van der Waals surface area contributed by atoms with E-state index in [1.807, 2.05) is 121 Å². The standard InChI is InChI=1S/C56H32N2O6S2/c59-55-39-21-9-13-25-45(39)65(61,62)47-31-33(27-29-41(47)55)49-52-38-20-8-12-24-44(38)58(36-17-5-2-6-18-36)54(52)50(51-37-19-7-11-23-43(37)57(53(49)51)35-15-3-1-4-16-35)34-28-30-42-48(32-34)66(63,64)46-26-14-10-22-40(46)56(42)60/h1-32H. The summed E-state index contributed by atoms with van der Waals surface area (Å²) in [5.41, 5.74) is 7.91. The maximum absolute atomic E-state index is 14.7. The Hall–Kier alpha value is -8.18. The van der Waals surface area contributed by atoms with Crippen molar-refractivity contribution in [3.63, 3.8) is 0 Å². The molecular formula is C56H32N2O6S2. The zero-order valence-electron chi connectivity index (χ0n) is 34.6. The molecule has 0 unspecified atom stereocenters. The van der Waals surface area contributed by atoms with Crippen molar-refractivity contribution in [2.75, 3.05) is 0 Å². The Balaban J connectivity index is 1.27. The van der Waals surface area contributed by atoms with Crippen molar-refractivity contribution in [3.05, 3.63) is 216 Å². The third-order valence-electron chi connectivity index (χ3n) is 13.2. The van der Waals surface area contributed by atoms with E-state index in [1.165, 1.54) is 12.1 Å². The fourth-order valence-electron chi connectivity index (χ4n) is 10.4. The fraction of sp³-hybridized carbons (Fsp3) is 0. The van der Waals surface area contributed by atoms with Gasteiger partial charge in [0, 0.05) is 66.3 Å². The number of aromatic nitrogens is 2. The number of nitrogens with zero attached hydrogens (tertiary/aromatic N) is 2. The molecular weight excluding hydrogens is 861 g/mol. The van der Waals surface area contributed by atoms with E-state index in [0.29, 0.717) is 22.3 Å². The summed E-state index contributed by atoms with van der Waals surface area (Å²) in [5.74, 6) is -0.731. The van der Waals surface area contributed by atoms with E-state index in [-0.39, 0.29) is 53.4 Å². The lowest BCUT2D eigenvalue weighted by molar-refractivity contribution is 0.102. The first-order valence-electron chi connectivity index (χ1n) is 21.3. The average molecular weight is 893 g/mol. The van der Waals surface area contributed by atoms with Gasteiger partial charge in [-0.2, -0.15) is 0 Å². The highest BCUT2D eigenvalue weighted by Crippen LogP contribution is 2.53. The number of carbonyl (C=O) groups excluding carboxylic acids is 2. The highest BCUT2D eigenvalue weighted by atomic mass is 32.2. The molecule has 0 saturated heterocycles. The van der Waals surface area contributed by atoms with E-state index in [4.69, 9.17) is 0 Å². The van der Waals surface area contributed by atoms with Crippen molar-refractivity contribution in [1.29, 1.82) is 0 Å². The number of sulfone groups is 2. The molecule has 2 aromatic heterocycles. The maximum Gasteiger partial charge on any atom is 0.208 e. The first-order chi connectivity index (χ1) is 32.1. The monoisotopic (exact) mass is 892 g/mol. The Labute approximate surface area is 378 Å². The van der Waals surface area contributed by atoms with Crippen LogP contribution in [-0.2, 0) is 19.7 Å². The fourth-order valence-corrected chi connectivity index (χ4v) is 13.8. The molecule has 0 amide bonds. The average Bonchev–Trinajstić information content (AvgIpc) is 3.88. The minimum absolute atomic E-state index is 0.0344. The molecule has 66 heavy (non-hydrogen) atoms. The van der Waals surface area contributed by atoms with Gasteiger partial charge in [-0.05, 0) is 96.1 Å². The molecule has 0 aliphatic carbocycles. The zero-order valence-corrected chi connectivity index (χ0v) is 36.3. The lowest BCUT2D eigenvalue weighted by Crippen LogP contribution is -2.20. The van der Waals surface area contributed by atoms with E-state index in [9.17, 15) is 26.4 Å². The predicted molar refractivity (Wildman–Crippen MR) is 257 cm³/mol. The summed E-state index contributed by atoms with van der Waals surface area (Å²) >= 11 is 0. The predicted octanol–water partition coefficient (Wildman–Crippen LogP) is 12.0. The second-order valence-electron chi connectivity index (χ2n) is 16.7. The number of hydrogen-bond acceptors (Lipinski definition) is 6. The SMILES string of the molecule is O=C1c2ccccc2S(=O)(=O)c2cc(-c3c4c5ccccc5n(-c5ccccc5)c4c(-c4ccc5c(c4)S(=O)(=O)c4ccccc4C5=O)c4c5ccccc5n(-c5ccccc5)c34)ccc21. The topological polar surface area (TPSA) is 112 Å². The number of fused-ring (bicyclic) bond motifs is 10. The van der Waals surface area contributed by atoms with Crippen molar-refractivity contribution in [1.82, 2.24) is 9.13 Å². The molecule has 0 fully saturated rings. The molecule has 314 valence electrons. The Bertz CT molecular complexity index is 3950. The molecule has 8 nitrogen and oxygen atoms in total. The molecule has 13 rings (SSSR count). The Kier molecular flexibility index (Phi) is 7.93. The van der Waals surface area contributed by atoms with E-state index >= 15 is 0 Å². The second-order valence-corrected chi connectivity index (χ2v) is 20.4. The van der Waals surface area contributed by atoms with Crippen molar-refractivity contribution >= 4 is 74.9 Å². The van der Waals surface area contributed by atoms with Gasteiger partial charge in [0.25, 0.3) is 0 Å². The highest BCUT2D eigenvalue weighted by Gasteiger charge is 2.38. The van der Waals surface area contributed by atoms with Gasteiger partial charge in [-0.15, -0.1) is 0 Å². The van der Waals surface area contributed by atoms with E-state index < -0.39 is 19.7 Å². The van der Waals surface area contributed by atoms with Crippen LogP contribution in [0.2, 0.25) is 0 Å². The number of carbonyl (C=O) groups is 2. The lowest BCUT2D eigenvalue weighted by atomic mass is 9.88. The van der Waals surface area contributed by atoms with Crippen molar-refractivity contribution in [2.45, 2.75) is 19.6 Å². The number of rotatable bonds is 4. The largest absolute Gasteiger partial charge is 0.309 e. The van der Waals surface area contributed by atoms with E-state index in [2.05, 4.69) is 9.13 Å². The van der Waals surface area contributed by atoms with Gasteiger partial charge < -0.3 is 9.13 Å². The molecule has 11 aromatic rings. The van der Waals surface area contributed by atoms with Crippen LogP contribution in [0, 0.1) is 0 Å². The van der Waals surface area contributed by atoms with Gasteiger partial charge in [-0.1, -0.05) is 109 Å². The van der Waals surface area contributed by atoms with Gasteiger partial charge in [0.15, 0.2) is 11.6 Å². The van der Waals surface area contributed by atoms with Crippen LogP contribution in [0.5, 0.6) is 0 Å². The summed E-state index contributed by atoms with van der Waals surface area (Å²) in [6, 6.07) is 58.8. The van der Waals surface area contributed by atoms with Crippen LogP contribution >= 0.6 is 0 Å². The molecule has 0 bridgehead atoms. The molecule has 0 spiro atoms. The summed E-state index contributed by atoms with van der Waals surface area (Å²) in [5, 5.41) is 3.27. The second kappa shape index (κ2) is 13.7. The summed E-state index contributed by atoms with van der Waals surface area (Å²) in [4.78, 5) is 27.9. The van der Waals surface area contributed by atoms with Crippen LogP contribution in [0.15, 0.2) is 214 Å². The maximum atomic E-state index is 14.7. The molecule has 2 aliphatic rings. The molecule has 0 N–H and O–H groups in total. The normalized spacial score (nSPS) is 14.6. The Morgan fingerprint density at radius 3 is 1.11 bits per heavy atom. The van der Waals surface area contributed by atoms with Crippen LogP contribution < -0.4 is 0 Å². The summed E-state index contributed by atoms with van der Waals surface area (Å²) in [6.07, 6.45) is 0. The summed E-state index contributed by atoms with van der Waals surface area (Å²) in [6.45, 7) is 0. The van der Waals surface area contributed by atoms with Crippen LogP contribution in [0.1, 0.15) is 31.8 Å². The van der Waals surface area contributed by atoms with Crippen LogP contribution in [0.4, 0.5) is 0 Å². The van der Waals surface area contributed by atoms with Gasteiger partial charge in [-0.25, -0.2) is 16.8 Å². The lowest BCUT2D eigenvalue weighted by Gasteiger charge is -2.22. The van der Waals surface area contributed by atoms with Gasteiger partial charge in [-0.3, -0.25) is 9.59 Å². The number of ketones is 2. The molecule has 9 aromatic carbocycles. The molecule has 2 aliphatic heterocycles. The van der Waals surface area contributed by atoms with Gasteiger partial charge in [0.2, 0.25) is 19.7 Å². The zero-order chi connectivity index (χ0) is 44.6. The highest BCUT2D eigenvalue weighted by molar-refractivity contribution is 7.92. The first-order valence-corrected chi connectivity index (χ1v) is 24.3. The number of benzene rings is 9. The van der Waals surface area contributed by atoms with Crippen molar-refractivity contribution < 1.29 is 26.4 Å². The minimum atomic E-state index is -4.15.